The average Bonchev–Trinajstić information content (AvgIpc) is 3.14. The van der Waals surface area contributed by atoms with E-state index in [9.17, 15) is 13.2 Å². The molecule has 152 valence electrons. The van der Waals surface area contributed by atoms with Gasteiger partial charge in [0.05, 0.1) is 17.5 Å². The van der Waals surface area contributed by atoms with Crippen molar-refractivity contribution >= 4 is 38.4 Å². The number of sulfone groups is 1. The van der Waals surface area contributed by atoms with Crippen molar-refractivity contribution in [1.29, 1.82) is 0 Å². The molecule has 2 aliphatic rings. The van der Waals surface area contributed by atoms with Gasteiger partial charge in [-0.3, -0.25) is 4.79 Å². The number of hydrogen-bond donors (Lipinski definition) is 0. The lowest BCUT2D eigenvalue weighted by atomic mass is 10.1. The van der Waals surface area contributed by atoms with E-state index in [0.717, 1.165) is 16.8 Å². The van der Waals surface area contributed by atoms with Crippen molar-refractivity contribution < 1.29 is 17.9 Å². The van der Waals surface area contributed by atoms with Crippen LogP contribution < -0.4 is 9.64 Å². The summed E-state index contributed by atoms with van der Waals surface area (Å²) in [4.78, 5) is 18.7. The van der Waals surface area contributed by atoms with Crippen molar-refractivity contribution in [2.75, 3.05) is 23.0 Å². The zero-order chi connectivity index (χ0) is 20.6. The van der Waals surface area contributed by atoms with Crippen LogP contribution in [0.4, 0.5) is 5.69 Å². The number of amides is 1. The normalized spacial score (nSPS) is 23.9. The minimum absolute atomic E-state index is 0.0752. The Bertz CT molecular complexity index is 1070. The molecule has 2 heterocycles. The first-order valence-corrected chi connectivity index (χ1v) is 12.1. The second kappa shape index (κ2) is 7.84. The zero-order valence-corrected chi connectivity index (χ0v) is 17.9. The number of benzene rings is 2. The molecule has 8 heteroatoms. The summed E-state index contributed by atoms with van der Waals surface area (Å²) in [6.07, 6.45) is 0. The molecule has 2 aliphatic heterocycles. The SMILES string of the molecule is Cc1cccc(N2C(=NC(=O)COc3ccccc3)SC3CS(=O)(=O)CC32)c1C. The lowest BCUT2D eigenvalue weighted by Crippen LogP contribution is -2.38. The monoisotopic (exact) mass is 430 g/mol. The van der Waals surface area contributed by atoms with Gasteiger partial charge in [0.2, 0.25) is 0 Å². The first-order chi connectivity index (χ1) is 13.8. The highest BCUT2D eigenvalue weighted by atomic mass is 32.2. The van der Waals surface area contributed by atoms with Crippen LogP contribution in [0.3, 0.4) is 0 Å². The minimum Gasteiger partial charge on any atom is -0.484 e. The molecular weight excluding hydrogens is 408 g/mol. The van der Waals surface area contributed by atoms with Crippen LogP contribution in [0.15, 0.2) is 53.5 Å². The standard InChI is InChI=1S/C21H22N2O4S2/c1-14-7-6-10-17(15(14)2)23-18-12-29(25,26)13-19(18)28-21(23)22-20(24)11-27-16-8-4-3-5-9-16/h3-10,18-19H,11-13H2,1-2H3. The maximum atomic E-state index is 12.5. The molecular formula is C21H22N2O4S2. The van der Waals surface area contributed by atoms with Gasteiger partial charge in [0.15, 0.2) is 21.6 Å². The quantitative estimate of drug-likeness (QED) is 0.742. The number of nitrogens with zero attached hydrogens (tertiary/aromatic N) is 2. The Labute approximate surface area is 174 Å². The highest BCUT2D eigenvalue weighted by Crippen LogP contribution is 2.42. The predicted octanol–water partition coefficient (Wildman–Crippen LogP) is 2.98. The number of fused-ring (bicyclic) bond motifs is 1. The number of aliphatic imine (C=N–C) groups is 1. The van der Waals surface area contributed by atoms with Crippen molar-refractivity contribution in [2.45, 2.75) is 25.1 Å². The van der Waals surface area contributed by atoms with Gasteiger partial charge in [-0.05, 0) is 43.2 Å². The molecule has 2 saturated heterocycles. The molecule has 0 aliphatic carbocycles. The van der Waals surface area contributed by atoms with Crippen LogP contribution in [0, 0.1) is 13.8 Å². The third-order valence-electron chi connectivity index (χ3n) is 5.23. The molecule has 0 N–H and O–H groups in total. The Hall–Kier alpha value is -2.32. The molecule has 0 spiro atoms. The summed E-state index contributed by atoms with van der Waals surface area (Å²) in [6.45, 7) is 3.85. The van der Waals surface area contributed by atoms with Crippen molar-refractivity contribution in [3.05, 3.63) is 59.7 Å². The first-order valence-electron chi connectivity index (χ1n) is 9.36. The third-order valence-corrected chi connectivity index (χ3v) is 8.44. The number of carbonyl (C=O) groups is 1. The van der Waals surface area contributed by atoms with Crippen LogP contribution in [0.1, 0.15) is 11.1 Å². The largest absolute Gasteiger partial charge is 0.484 e. The molecule has 1 amide bonds. The molecule has 2 atom stereocenters. The summed E-state index contributed by atoms with van der Waals surface area (Å²) >= 11 is 1.37. The van der Waals surface area contributed by atoms with Crippen LogP contribution in [0.5, 0.6) is 5.75 Å². The van der Waals surface area contributed by atoms with E-state index >= 15 is 0 Å². The van der Waals surface area contributed by atoms with E-state index in [-0.39, 0.29) is 29.4 Å². The van der Waals surface area contributed by atoms with E-state index in [1.54, 1.807) is 12.1 Å². The molecule has 2 unspecified atom stereocenters. The van der Waals surface area contributed by atoms with Gasteiger partial charge in [-0.25, -0.2) is 8.42 Å². The van der Waals surface area contributed by atoms with Gasteiger partial charge >= 0.3 is 0 Å². The molecule has 29 heavy (non-hydrogen) atoms. The average molecular weight is 431 g/mol. The van der Waals surface area contributed by atoms with Gasteiger partial charge in [0, 0.05) is 10.9 Å². The number of amidine groups is 1. The number of carbonyl (C=O) groups excluding carboxylic acids is 1. The fourth-order valence-corrected chi connectivity index (χ4v) is 7.57. The maximum Gasteiger partial charge on any atom is 0.285 e. The van der Waals surface area contributed by atoms with Gasteiger partial charge in [-0.1, -0.05) is 42.1 Å². The summed E-state index contributed by atoms with van der Waals surface area (Å²) in [5.41, 5.74) is 3.06. The van der Waals surface area contributed by atoms with Gasteiger partial charge in [0.1, 0.15) is 5.75 Å². The summed E-state index contributed by atoms with van der Waals surface area (Å²) < 4.78 is 29.9. The molecule has 0 aromatic heterocycles. The third kappa shape index (κ3) is 4.18. The van der Waals surface area contributed by atoms with E-state index < -0.39 is 15.7 Å². The van der Waals surface area contributed by atoms with Crippen molar-refractivity contribution in [3.63, 3.8) is 0 Å². The Morgan fingerprint density at radius 2 is 1.90 bits per heavy atom. The zero-order valence-electron chi connectivity index (χ0n) is 16.2. The highest BCUT2D eigenvalue weighted by molar-refractivity contribution is 8.16. The Morgan fingerprint density at radius 3 is 2.66 bits per heavy atom. The van der Waals surface area contributed by atoms with E-state index in [0.29, 0.717) is 10.9 Å². The lowest BCUT2D eigenvalue weighted by Gasteiger charge is -2.26. The Kier molecular flexibility index (Phi) is 5.40. The van der Waals surface area contributed by atoms with Gasteiger partial charge in [-0.2, -0.15) is 4.99 Å². The highest BCUT2D eigenvalue weighted by Gasteiger charge is 2.49. The van der Waals surface area contributed by atoms with Gasteiger partial charge in [0.25, 0.3) is 5.91 Å². The summed E-state index contributed by atoms with van der Waals surface area (Å²) in [5.74, 6) is 0.396. The Balaban J connectivity index is 1.62. The Morgan fingerprint density at radius 1 is 1.14 bits per heavy atom. The fourth-order valence-electron chi connectivity index (χ4n) is 3.64. The topological polar surface area (TPSA) is 76.0 Å². The number of anilines is 1. The number of para-hydroxylation sites is 1. The first kappa shape index (κ1) is 20.0. The summed E-state index contributed by atoms with van der Waals surface area (Å²) in [5, 5.41) is 0.423. The maximum absolute atomic E-state index is 12.5. The second-order valence-corrected chi connectivity index (χ2v) is 10.6. The number of thioether (sulfide) groups is 1. The molecule has 2 aromatic rings. The van der Waals surface area contributed by atoms with Crippen LogP contribution in [-0.2, 0) is 14.6 Å². The minimum atomic E-state index is -3.09. The molecule has 4 rings (SSSR count). The number of hydrogen-bond acceptors (Lipinski definition) is 5. The summed E-state index contributed by atoms with van der Waals surface area (Å²) in [6, 6.07) is 14.8. The van der Waals surface area contributed by atoms with Crippen LogP contribution in [-0.4, -0.2) is 48.9 Å². The molecule has 0 saturated carbocycles. The number of rotatable bonds is 4. The molecule has 0 bridgehead atoms. The molecule has 6 nitrogen and oxygen atoms in total. The van der Waals surface area contributed by atoms with Gasteiger partial charge in [-0.15, -0.1) is 0 Å². The predicted molar refractivity (Wildman–Crippen MR) is 117 cm³/mol. The smallest absolute Gasteiger partial charge is 0.285 e. The molecule has 0 radical (unpaired) electrons. The van der Waals surface area contributed by atoms with Crippen molar-refractivity contribution in [2.24, 2.45) is 4.99 Å². The van der Waals surface area contributed by atoms with Crippen LogP contribution in [0.2, 0.25) is 0 Å². The van der Waals surface area contributed by atoms with Gasteiger partial charge < -0.3 is 9.64 Å². The van der Waals surface area contributed by atoms with Crippen molar-refractivity contribution in [3.8, 4) is 5.75 Å². The van der Waals surface area contributed by atoms with Crippen LogP contribution >= 0.6 is 11.8 Å². The lowest BCUT2D eigenvalue weighted by molar-refractivity contribution is -0.119. The molecule has 2 fully saturated rings. The number of ether oxygens (including phenoxy) is 1. The molecule has 2 aromatic carbocycles. The van der Waals surface area contributed by atoms with Crippen LogP contribution in [0.25, 0.3) is 0 Å². The van der Waals surface area contributed by atoms with E-state index in [4.69, 9.17) is 4.74 Å². The number of aryl methyl sites for hydroxylation is 1. The van der Waals surface area contributed by atoms with E-state index in [2.05, 4.69) is 4.99 Å². The second-order valence-electron chi connectivity index (χ2n) is 7.28. The van der Waals surface area contributed by atoms with E-state index in [1.165, 1.54) is 11.8 Å². The van der Waals surface area contributed by atoms with Crippen molar-refractivity contribution in [1.82, 2.24) is 0 Å². The fraction of sp³-hybridized carbons (Fsp3) is 0.333. The summed E-state index contributed by atoms with van der Waals surface area (Å²) in [7, 11) is -3.09. The van der Waals surface area contributed by atoms with E-state index in [1.807, 2.05) is 55.1 Å².